The van der Waals surface area contributed by atoms with Gasteiger partial charge >= 0.3 is 5.97 Å². The predicted molar refractivity (Wildman–Crippen MR) is 293 cm³/mol. The first-order valence-electron chi connectivity index (χ1n) is 29.6. The lowest BCUT2D eigenvalue weighted by atomic mass is 10.0. The largest absolute Gasteiger partial charge is 0.756 e. The molecule has 408 valence electrons. The molecule has 0 radical (unpaired) electrons. The second kappa shape index (κ2) is 50.0. The second-order valence-corrected chi connectivity index (χ2v) is 22.9. The number of rotatable bonds is 54. The molecule has 3 atom stereocenters. The zero-order valence-electron chi connectivity index (χ0n) is 46.5. The molecule has 0 aromatic rings. The average molecular weight is 996 g/mol. The van der Waals surface area contributed by atoms with Crippen molar-refractivity contribution in [1.82, 2.24) is 5.32 Å². The van der Waals surface area contributed by atoms with Crippen LogP contribution in [0.1, 0.15) is 290 Å². The summed E-state index contributed by atoms with van der Waals surface area (Å²) in [4.78, 5) is 39.8. The van der Waals surface area contributed by atoms with Crippen molar-refractivity contribution < 1.29 is 37.3 Å². The van der Waals surface area contributed by atoms with Gasteiger partial charge in [-0.25, -0.2) is 0 Å². The van der Waals surface area contributed by atoms with E-state index in [1.54, 1.807) is 0 Å². The average Bonchev–Trinajstić information content (AvgIpc) is 3.31. The number of unbranched alkanes of at least 4 members (excludes halogenated alkanes) is 36. The monoisotopic (exact) mass is 995 g/mol. The molecular formula is C59H115N2O7P. The van der Waals surface area contributed by atoms with Crippen molar-refractivity contribution in [3.8, 4) is 0 Å². The Bertz CT molecular complexity index is 1240. The van der Waals surface area contributed by atoms with Crippen molar-refractivity contribution >= 4 is 19.7 Å². The lowest BCUT2D eigenvalue weighted by Crippen LogP contribution is -2.47. The van der Waals surface area contributed by atoms with Crippen LogP contribution < -0.4 is 10.2 Å². The van der Waals surface area contributed by atoms with Crippen LogP contribution in [0.3, 0.4) is 0 Å². The maximum absolute atomic E-state index is 13.4. The van der Waals surface area contributed by atoms with Crippen LogP contribution >= 0.6 is 7.82 Å². The number of carbonyl (C=O) groups excluding carboxylic acids is 2. The quantitative estimate of drug-likeness (QED) is 0.0212. The van der Waals surface area contributed by atoms with E-state index in [1.165, 1.54) is 173 Å². The third kappa shape index (κ3) is 51.2. The third-order valence-electron chi connectivity index (χ3n) is 13.4. The highest BCUT2D eigenvalue weighted by atomic mass is 31.2. The molecular weight excluding hydrogens is 880 g/mol. The number of amides is 1. The number of nitrogens with zero attached hydrogens (tertiary/aromatic N) is 1. The first-order valence-corrected chi connectivity index (χ1v) is 31.1. The fourth-order valence-electron chi connectivity index (χ4n) is 8.74. The Morgan fingerprint density at radius 2 is 0.855 bits per heavy atom. The van der Waals surface area contributed by atoms with Crippen LogP contribution in [0.25, 0.3) is 0 Å². The Hall–Kier alpha value is -1.51. The van der Waals surface area contributed by atoms with Gasteiger partial charge in [-0.3, -0.25) is 14.2 Å². The highest BCUT2D eigenvalue weighted by Crippen LogP contribution is 2.38. The zero-order chi connectivity index (χ0) is 50.8. The molecule has 0 aliphatic rings. The van der Waals surface area contributed by atoms with Gasteiger partial charge in [0.05, 0.1) is 33.8 Å². The molecule has 0 aliphatic heterocycles. The molecule has 3 unspecified atom stereocenters. The number of ether oxygens (including phenoxy) is 1. The maximum Gasteiger partial charge on any atom is 0.306 e. The number of carbonyl (C=O) groups is 2. The Morgan fingerprint density at radius 3 is 1.28 bits per heavy atom. The predicted octanol–water partition coefficient (Wildman–Crippen LogP) is 17.1. The van der Waals surface area contributed by atoms with E-state index in [4.69, 9.17) is 13.8 Å². The molecule has 0 aromatic heterocycles. The lowest BCUT2D eigenvalue weighted by Gasteiger charge is -2.30. The van der Waals surface area contributed by atoms with Crippen molar-refractivity contribution in [3.05, 3.63) is 24.3 Å². The standard InChI is InChI=1S/C59H115N2O7P/c1-7-10-13-16-19-22-25-26-27-28-29-30-31-32-33-34-37-40-43-46-49-52-59(63)68-57(50-47-44-41-38-35-23-20-17-14-11-8-2)56(55-67-69(64,65)66-54-53-61(4,5)6)60-58(62)51-48-45-42-39-36-24-21-18-15-12-9-3/h18,21,47,50,56-57H,7-17,19-20,22-46,48-49,51-55H2,1-6H3,(H-,60,62,64,65)/b21-18-,50-47-. The van der Waals surface area contributed by atoms with Gasteiger partial charge in [0.15, 0.2) is 0 Å². The van der Waals surface area contributed by atoms with Gasteiger partial charge in [0.1, 0.15) is 19.3 Å². The molecule has 0 aromatic carbocycles. The summed E-state index contributed by atoms with van der Waals surface area (Å²) in [6.07, 6.45) is 57.2. The smallest absolute Gasteiger partial charge is 0.306 e. The molecule has 1 N–H and O–H groups in total. The Labute approximate surface area is 428 Å². The van der Waals surface area contributed by atoms with Crippen LogP contribution in [0.2, 0.25) is 0 Å². The molecule has 10 heteroatoms. The number of esters is 1. The third-order valence-corrected chi connectivity index (χ3v) is 14.3. The van der Waals surface area contributed by atoms with Crippen LogP contribution in [0.5, 0.6) is 0 Å². The summed E-state index contributed by atoms with van der Waals surface area (Å²) in [6, 6.07) is -0.885. The Morgan fingerprint density at radius 1 is 0.493 bits per heavy atom. The van der Waals surface area contributed by atoms with Crippen molar-refractivity contribution in [2.24, 2.45) is 0 Å². The van der Waals surface area contributed by atoms with Crippen molar-refractivity contribution in [2.45, 2.75) is 303 Å². The van der Waals surface area contributed by atoms with E-state index >= 15 is 0 Å². The first-order chi connectivity index (χ1) is 33.4. The second-order valence-electron chi connectivity index (χ2n) is 21.5. The summed E-state index contributed by atoms with van der Waals surface area (Å²) in [7, 11) is 1.19. The minimum absolute atomic E-state index is 0.0208. The van der Waals surface area contributed by atoms with E-state index < -0.39 is 20.0 Å². The van der Waals surface area contributed by atoms with E-state index in [1.807, 2.05) is 33.3 Å². The number of phosphoric ester groups is 1. The van der Waals surface area contributed by atoms with E-state index in [0.717, 1.165) is 83.5 Å². The van der Waals surface area contributed by atoms with Gasteiger partial charge < -0.3 is 28.5 Å². The van der Waals surface area contributed by atoms with Crippen LogP contribution in [-0.2, 0) is 27.9 Å². The van der Waals surface area contributed by atoms with Gasteiger partial charge in [-0.15, -0.1) is 0 Å². The molecule has 0 spiro atoms. The van der Waals surface area contributed by atoms with Gasteiger partial charge in [-0.1, -0.05) is 251 Å². The topological polar surface area (TPSA) is 114 Å². The number of quaternary nitrogens is 1. The number of likely N-dealkylation sites (N-methyl/N-ethyl adjacent to an activating group) is 1. The van der Waals surface area contributed by atoms with Gasteiger partial charge in [0.25, 0.3) is 7.82 Å². The minimum atomic E-state index is -4.69. The molecule has 9 nitrogen and oxygen atoms in total. The van der Waals surface area contributed by atoms with E-state index in [2.05, 4.69) is 38.2 Å². The number of phosphoric acid groups is 1. The summed E-state index contributed by atoms with van der Waals surface area (Å²) in [6.45, 7) is 6.82. The molecule has 0 saturated heterocycles. The first kappa shape index (κ1) is 67.5. The van der Waals surface area contributed by atoms with Crippen LogP contribution in [-0.4, -0.2) is 69.4 Å². The molecule has 0 bridgehead atoms. The molecule has 69 heavy (non-hydrogen) atoms. The number of allylic oxidation sites excluding steroid dienone is 3. The summed E-state index contributed by atoms with van der Waals surface area (Å²) in [5.41, 5.74) is 0. The SMILES string of the molecule is CCCC/C=C\CCCCCCCC(=O)NC(COP(=O)([O-])OCC[N+](C)(C)C)C(/C=C\CCCCCCCCCCC)OC(=O)CCCCCCCCCCCCCCCCCCCCCCC. The summed E-state index contributed by atoms with van der Waals surface area (Å²) in [5.74, 6) is -0.540. The highest BCUT2D eigenvalue weighted by molar-refractivity contribution is 7.45. The highest BCUT2D eigenvalue weighted by Gasteiger charge is 2.27. The van der Waals surface area contributed by atoms with E-state index in [0.29, 0.717) is 17.4 Å². The number of nitrogens with one attached hydrogen (secondary N) is 1. The minimum Gasteiger partial charge on any atom is -0.756 e. The Balaban J connectivity index is 5.13. The van der Waals surface area contributed by atoms with Gasteiger partial charge in [0.2, 0.25) is 5.91 Å². The molecule has 0 aliphatic carbocycles. The van der Waals surface area contributed by atoms with E-state index in [9.17, 15) is 19.0 Å². The van der Waals surface area contributed by atoms with Crippen LogP contribution in [0.4, 0.5) is 0 Å². The number of hydrogen-bond acceptors (Lipinski definition) is 7. The zero-order valence-corrected chi connectivity index (χ0v) is 47.4. The van der Waals surface area contributed by atoms with Crippen LogP contribution in [0, 0.1) is 0 Å². The van der Waals surface area contributed by atoms with Gasteiger partial charge in [0, 0.05) is 12.8 Å². The van der Waals surface area contributed by atoms with Gasteiger partial charge in [-0.05, 0) is 51.0 Å². The summed E-state index contributed by atoms with van der Waals surface area (Å²) < 4.78 is 30.2. The fraction of sp³-hybridized carbons (Fsp3) is 0.898. The number of hydrogen-bond donors (Lipinski definition) is 1. The van der Waals surface area contributed by atoms with E-state index in [-0.39, 0.29) is 31.5 Å². The summed E-state index contributed by atoms with van der Waals surface area (Å²) in [5, 5.41) is 3.01. The normalized spacial score (nSPS) is 13.9. The fourth-order valence-corrected chi connectivity index (χ4v) is 9.46. The van der Waals surface area contributed by atoms with Crippen LogP contribution in [0.15, 0.2) is 24.3 Å². The molecule has 1 amide bonds. The van der Waals surface area contributed by atoms with Crippen molar-refractivity contribution in [1.29, 1.82) is 0 Å². The Kier molecular flexibility index (Phi) is 48.9. The van der Waals surface area contributed by atoms with Crippen molar-refractivity contribution in [2.75, 3.05) is 40.9 Å². The lowest BCUT2D eigenvalue weighted by molar-refractivity contribution is -0.870. The summed E-state index contributed by atoms with van der Waals surface area (Å²) >= 11 is 0. The molecule has 0 fully saturated rings. The maximum atomic E-state index is 13.4. The molecule has 0 rings (SSSR count). The van der Waals surface area contributed by atoms with Gasteiger partial charge in [-0.2, -0.15) is 0 Å². The molecule has 0 heterocycles. The molecule has 0 saturated carbocycles. The van der Waals surface area contributed by atoms with Crippen molar-refractivity contribution in [3.63, 3.8) is 0 Å².